The summed E-state index contributed by atoms with van der Waals surface area (Å²) >= 11 is 0. The second-order valence-electron chi connectivity index (χ2n) is 4.25. The molecule has 0 atom stereocenters. The molecule has 0 bridgehead atoms. The van der Waals surface area contributed by atoms with Crippen LogP contribution in [0.5, 0.6) is 5.75 Å². The van der Waals surface area contributed by atoms with Crippen molar-refractivity contribution in [2.75, 3.05) is 5.32 Å². The summed E-state index contributed by atoms with van der Waals surface area (Å²) < 4.78 is 32.1. The fourth-order valence-electron chi connectivity index (χ4n) is 1.66. The number of hydrogen-bond acceptors (Lipinski definition) is 2. The number of ether oxygens (including phenoxy) is 1. The monoisotopic (exact) mass is 289 g/mol. The van der Waals surface area contributed by atoms with Gasteiger partial charge in [0.05, 0.1) is 5.69 Å². The molecule has 2 rings (SSSR count). The number of benzene rings is 2. The fraction of sp³-hybridized carbons (Fsp3) is 0.0625. The average Bonchev–Trinajstić information content (AvgIpc) is 2.47. The minimum Gasteiger partial charge on any atom is -0.489 e. The van der Waals surface area contributed by atoms with Crippen molar-refractivity contribution in [3.05, 3.63) is 72.3 Å². The lowest BCUT2D eigenvalue weighted by molar-refractivity contribution is -0.111. The first-order valence-corrected chi connectivity index (χ1v) is 6.18. The molecule has 0 aliphatic carbocycles. The molecular weight excluding hydrogens is 276 g/mol. The van der Waals surface area contributed by atoms with E-state index >= 15 is 0 Å². The molecule has 0 saturated carbocycles. The minimum absolute atomic E-state index is 0.0398. The van der Waals surface area contributed by atoms with Crippen molar-refractivity contribution in [1.82, 2.24) is 0 Å². The standard InChI is InChI=1S/C16H13F2NO2/c1-2-16(20)19-15-7-6-13(9-14(15)18)21-10-11-4-3-5-12(17)8-11/h2-9H,1,10H2,(H,19,20). The summed E-state index contributed by atoms with van der Waals surface area (Å²) in [5.41, 5.74) is 0.678. The van der Waals surface area contributed by atoms with E-state index in [9.17, 15) is 13.6 Å². The quantitative estimate of drug-likeness (QED) is 0.853. The van der Waals surface area contributed by atoms with Gasteiger partial charge < -0.3 is 10.1 Å². The maximum atomic E-state index is 13.7. The van der Waals surface area contributed by atoms with E-state index in [1.807, 2.05) is 0 Å². The van der Waals surface area contributed by atoms with Crippen LogP contribution < -0.4 is 10.1 Å². The van der Waals surface area contributed by atoms with Gasteiger partial charge in [0.2, 0.25) is 5.91 Å². The van der Waals surface area contributed by atoms with Crippen molar-refractivity contribution < 1.29 is 18.3 Å². The van der Waals surface area contributed by atoms with Crippen molar-refractivity contribution >= 4 is 11.6 Å². The van der Waals surface area contributed by atoms with Crippen molar-refractivity contribution in [3.63, 3.8) is 0 Å². The Bertz CT molecular complexity index is 671. The number of carbonyl (C=O) groups excluding carboxylic acids is 1. The van der Waals surface area contributed by atoms with Gasteiger partial charge in [-0.1, -0.05) is 18.7 Å². The van der Waals surface area contributed by atoms with Gasteiger partial charge in [-0.3, -0.25) is 4.79 Å². The third kappa shape index (κ3) is 4.14. The lowest BCUT2D eigenvalue weighted by atomic mass is 10.2. The van der Waals surface area contributed by atoms with Gasteiger partial charge >= 0.3 is 0 Å². The zero-order valence-electron chi connectivity index (χ0n) is 11.1. The molecule has 5 heteroatoms. The number of amides is 1. The number of anilines is 1. The number of rotatable bonds is 5. The number of halogens is 2. The molecule has 0 aliphatic rings. The SMILES string of the molecule is C=CC(=O)Nc1ccc(OCc2cccc(F)c2)cc1F. The van der Waals surface area contributed by atoms with Crippen LogP contribution in [0, 0.1) is 11.6 Å². The molecule has 0 saturated heterocycles. The molecule has 0 fully saturated rings. The number of carbonyl (C=O) groups is 1. The Labute approximate surface area is 120 Å². The maximum Gasteiger partial charge on any atom is 0.247 e. The third-order valence-corrected chi connectivity index (χ3v) is 2.68. The first-order chi connectivity index (χ1) is 10.1. The Hall–Kier alpha value is -2.69. The molecule has 108 valence electrons. The molecule has 1 N–H and O–H groups in total. The highest BCUT2D eigenvalue weighted by atomic mass is 19.1. The lowest BCUT2D eigenvalue weighted by Crippen LogP contribution is -2.08. The molecule has 0 aromatic heterocycles. The molecule has 21 heavy (non-hydrogen) atoms. The summed E-state index contributed by atoms with van der Waals surface area (Å²) in [4.78, 5) is 11.1. The van der Waals surface area contributed by atoms with Gasteiger partial charge in [-0.15, -0.1) is 0 Å². The zero-order chi connectivity index (χ0) is 15.2. The summed E-state index contributed by atoms with van der Waals surface area (Å²) in [5, 5.41) is 2.33. The largest absolute Gasteiger partial charge is 0.489 e. The van der Waals surface area contributed by atoms with E-state index in [2.05, 4.69) is 11.9 Å². The van der Waals surface area contributed by atoms with E-state index in [0.29, 0.717) is 5.56 Å². The van der Waals surface area contributed by atoms with Crippen LogP contribution in [-0.2, 0) is 11.4 Å². The highest BCUT2D eigenvalue weighted by Crippen LogP contribution is 2.21. The third-order valence-electron chi connectivity index (χ3n) is 2.68. The van der Waals surface area contributed by atoms with Crippen molar-refractivity contribution in [2.24, 2.45) is 0 Å². The molecule has 0 heterocycles. The van der Waals surface area contributed by atoms with E-state index < -0.39 is 11.7 Å². The van der Waals surface area contributed by atoms with Crippen LogP contribution >= 0.6 is 0 Å². The summed E-state index contributed by atoms with van der Waals surface area (Å²) in [6.07, 6.45) is 1.05. The Morgan fingerprint density at radius 3 is 2.71 bits per heavy atom. The number of nitrogens with one attached hydrogen (secondary N) is 1. The first kappa shape index (κ1) is 14.7. The van der Waals surface area contributed by atoms with Crippen LogP contribution in [-0.4, -0.2) is 5.91 Å². The number of hydrogen-bond donors (Lipinski definition) is 1. The summed E-state index contributed by atoms with van der Waals surface area (Å²) in [6, 6.07) is 10.0. The van der Waals surface area contributed by atoms with Crippen LogP contribution in [0.3, 0.4) is 0 Å². The molecule has 0 unspecified atom stereocenters. The van der Waals surface area contributed by atoms with Gasteiger partial charge in [0.1, 0.15) is 24.0 Å². The molecule has 3 nitrogen and oxygen atoms in total. The topological polar surface area (TPSA) is 38.3 Å². The van der Waals surface area contributed by atoms with E-state index in [1.54, 1.807) is 12.1 Å². The summed E-state index contributed by atoms with van der Waals surface area (Å²) in [5.74, 6) is -1.19. The molecule has 0 radical (unpaired) electrons. The normalized spacial score (nSPS) is 10.0. The average molecular weight is 289 g/mol. The highest BCUT2D eigenvalue weighted by Gasteiger charge is 2.06. The summed E-state index contributed by atoms with van der Waals surface area (Å²) in [6.45, 7) is 3.40. The predicted octanol–water partition coefficient (Wildman–Crippen LogP) is 3.67. The predicted molar refractivity (Wildman–Crippen MR) is 76.0 cm³/mol. The van der Waals surface area contributed by atoms with Gasteiger partial charge in [0.15, 0.2) is 0 Å². The van der Waals surface area contributed by atoms with Gasteiger partial charge in [0.25, 0.3) is 0 Å². The summed E-state index contributed by atoms with van der Waals surface area (Å²) in [7, 11) is 0. The maximum absolute atomic E-state index is 13.7. The minimum atomic E-state index is -0.623. The van der Waals surface area contributed by atoms with Crippen LogP contribution in [0.4, 0.5) is 14.5 Å². The van der Waals surface area contributed by atoms with Gasteiger partial charge in [0, 0.05) is 6.07 Å². The fourth-order valence-corrected chi connectivity index (χ4v) is 1.66. The molecule has 0 spiro atoms. The molecule has 2 aromatic carbocycles. The van der Waals surface area contributed by atoms with Crippen LogP contribution in [0.1, 0.15) is 5.56 Å². The van der Waals surface area contributed by atoms with Gasteiger partial charge in [-0.25, -0.2) is 8.78 Å². The molecule has 0 aliphatic heterocycles. The van der Waals surface area contributed by atoms with Crippen molar-refractivity contribution in [1.29, 1.82) is 0 Å². The first-order valence-electron chi connectivity index (χ1n) is 6.18. The molecule has 1 amide bonds. The molecular formula is C16H13F2NO2. The smallest absolute Gasteiger partial charge is 0.247 e. The van der Waals surface area contributed by atoms with Crippen LogP contribution in [0.25, 0.3) is 0 Å². The zero-order valence-corrected chi connectivity index (χ0v) is 11.1. The molecule has 2 aromatic rings. The highest BCUT2D eigenvalue weighted by molar-refractivity contribution is 5.98. The second-order valence-corrected chi connectivity index (χ2v) is 4.25. The lowest BCUT2D eigenvalue weighted by Gasteiger charge is -2.09. The van der Waals surface area contributed by atoms with Crippen molar-refractivity contribution in [3.8, 4) is 5.75 Å². The van der Waals surface area contributed by atoms with E-state index in [1.165, 1.54) is 24.3 Å². The van der Waals surface area contributed by atoms with Gasteiger partial charge in [-0.05, 0) is 35.9 Å². The van der Waals surface area contributed by atoms with E-state index in [4.69, 9.17) is 4.74 Å². The van der Waals surface area contributed by atoms with Crippen LogP contribution in [0.15, 0.2) is 55.1 Å². The van der Waals surface area contributed by atoms with E-state index in [-0.39, 0.29) is 23.9 Å². The van der Waals surface area contributed by atoms with Gasteiger partial charge in [-0.2, -0.15) is 0 Å². The Balaban J connectivity index is 2.03. The van der Waals surface area contributed by atoms with Crippen molar-refractivity contribution in [2.45, 2.75) is 6.61 Å². The van der Waals surface area contributed by atoms with E-state index in [0.717, 1.165) is 12.1 Å². The Kier molecular flexibility index (Phi) is 4.66. The Morgan fingerprint density at radius 1 is 1.24 bits per heavy atom. The second kappa shape index (κ2) is 6.65. The van der Waals surface area contributed by atoms with Crippen LogP contribution in [0.2, 0.25) is 0 Å². The Morgan fingerprint density at radius 2 is 2.05 bits per heavy atom.